The molecule has 9 heteroatoms. The van der Waals surface area contributed by atoms with E-state index < -0.39 is 35.5 Å². The number of halogens is 2. The van der Waals surface area contributed by atoms with E-state index in [1.54, 1.807) is 4.90 Å². The number of nitrogens with zero attached hydrogens (tertiary/aromatic N) is 1. The summed E-state index contributed by atoms with van der Waals surface area (Å²) in [5.41, 5.74) is -0.232. The molecule has 4 rings (SSSR count). The van der Waals surface area contributed by atoms with Crippen molar-refractivity contribution in [3.63, 3.8) is 0 Å². The number of hydrogen-bond donors (Lipinski definition) is 2. The molecule has 1 saturated carbocycles. The van der Waals surface area contributed by atoms with Gasteiger partial charge in [0.1, 0.15) is 17.7 Å². The molecule has 3 aliphatic rings. The summed E-state index contributed by atoms with van der Waals surface area (Å²) in [6, 6.07) is 2.36. The summed E-state index contributed by atoms with van der Waals surface area (Å²) >= 11 is 0. The van der Waals surface area contributed by atoms with Gasteiger partial charge in [0.15, 0.2) is 0 Å². The van der Waals surface area contributed by atoms with Gasteiger partial charge in [0.25, 0.3) is 0 Å². The maximum Gasteiger partial charge on any atom is 0.407 e. The highest BCUT2D eigenvalue weighted by atomic mass is 19.1. The molecule has 1 unspecified atom stereocenters. The van der Waals surface area contributed by atoms with Crippen LogP contribution in [0, 0.1) is 11.6 Å². The number of carbonyl (C=O) groups excluding carboxylic acids is 3. The van der Waals surface area contributed by atoms with Crippen LogP contribution in [-0.2, 0) is 14.3 Å². The maximum absolute atomic E-state index is 14.7. The van der Waals surface area contributed by atoms with Crippen LogP contribution in [-0.4, -0.2) is 42.6 Å². The summed E-state index contributed by atoms with van der Waals surface area (Å²) in [6.45, 7) is 2.69. The highest BCUT2D eigenvalue weighted by molar-refractivity contribution is 6.01. The fraction of sp³-hybridized carbons (Fsp3) is 0.591. The number of carbonyl (C=O) groups is 3. The number of alkyl carbamates (subject to hydrolysis) is 1. The Kier molecular flexibility index (Phi) is 5.85. The molecule has 0 bridgehead atoms. The molecule has 1 aromatic rings. The van der Waals surface area contributed by atoms with Crippen molar-refractivity contribution in [3.8, 4) is 0 Å². The molecule has 2 aliphatic heterocycles. The van der Waals surface area contributed by atoms with Crippen molar-refractivity contribution >= 4 is 23.6 Å². The molecule has 0 radical (unpaired) electrons. The van der Waals surface area contributed by atoms with E-state index in [0.29, 0.717) is 18.8 Å². The second-order valence-electron chi connectivity index (χ2n) is 9.01. The molecule has 2 N–H and O–H groups in total. The van der Waals surface area contributed by atoms with Crippen LogP contribution < -0.4 is 15.5 Å². The Balaban J connectivity index is 1.34. The van der Waals surface area contributed by atoms with Crippen LogP contribution in [0.2, 0.25) is 0 Å². The summed E-state index contributed by atoms with van der Waals surface area (Å²) in [5.74, 6) is -3.79. The van der Waals surface area contributed by atoms with Gasteiger partial charge in [-0.1, -0.05) is 19.3 Å². The lowest BCUT2D eigenvalue weighted by atomic mass is 9.83. The van der Waals surface area contributed by atoms with Gasteiger partial charge in [0.2, 0.25) is 11.8 Å². The number of piperidine rings is 1. The number of nitrogens with one attached hydrogen (secondary N) is 2. The van der Waals surface area contributed by atoms with Crippen molar-refractivity contribution in [2.24, 2.45) is 0 Å². The molecule has 2 saturated heterocycles. The van der Waals surface area contributed by atoms with Crippen molar-refractivity contribution in [1.29, 1.82) is 0 Å². The molecule has 2 heterocycles. The smallest absolute Gasteiger partial charge is 0.407 e. The van der Waals surface area contributed by atoms with E-state index in [4.69, 9.17) is 4.74 Å². The van der Waals surface area contributed by atoms with Crippen LogP contribution >= 0.6 is 0 Å². The zero-order chi connectivity index (χ0) is 22.2. The molecule has 3 amide bonds. The lowest BCUT2D eigenvalue weighted by Crippen LogP contribution is -2.56. The standard InChI is InChI=1S/C22H27F2N3O4/c1-22(7-3-2-4-8-22)26-21(30)31-14-11-27(12-14)13-9-16(23)19(17(24)10-13)15-5-6-18(28)25-20(15)29/h9-10,14-15H,2-8,11-12H2,1H3,(H,26,30)(H,25,28,29). The molecule has 31 heavy (non-hydrogen) atoms. The average Bonchev–Trinajstić information content (AvgIpc) is 2.65. The van der Waals surface area contributed by atoms with Crippen LogP contribution in [0.3, 0.4) is 0 Å². The van der Waals surface area contributed by atoms with E-state index >= 15 is 0 Å². The predicted molar refractivity (Wildman–Crippen MR) is 109 cm³/mol. The van der Waals surface area contributed by atoms with E-state index in [2.05, 4.69) is 10.6 Å². The molecule has 0 spiro atoms. The number of imide groups is 1. The highest BCUT2D eigenvalue weighted by Gasteiger charge is 2.36. The summed E-state index contributed by atoms with van der Waals surface area (Å²) in [6.07, 6.45) is 4.51. The molecule has 1 aromatic carbocycles. The van der Waals surface area contributed by atoms with E-state index in [-0.39, 0.29) is 30.0 Å². The Morgan fingerprint density at radius 2 is 1.81 bits per heavy atom. The van der Waals surface area contributed by atoms with Gasteiger partial charge in [-0.3, -0.25) is 14.9 Å². The van der Waals surface area contributed by atoms with Gasteiger partial charge in [-0.2, -0.15) is 0 Å². The number of benzene rings is 1. The Bertz CT molecular complexity index is 872. The summed E-state index contributed by atoms with van der Waals surface area (Å²) < 4.78 is 34.8. The van der Waals surface area contributed by atoms with E-state index in [9.17, 15) is 23.2 Å². The Morgan fingerprint density at radius 3 is 2.42 bits per heavy atom. The zero-order valence-corrected chi connectivity index (χ0v) is 17.5. The first kappa shape index (κ1) is 21.5. The highest BCUT2D eigenvalue weighted by Crippen LogP contribution is 2.34. The van der Waals surface area contributed by atoms with Gasteiger partial charge < -0.3 is 15.0 Å². The van der Waals surface area contributed by atoms with Crippen molar-refractivity contribution in [2.75, 3.05) is 18.0 Å². The van der Waals surface area contributed by atoms with Gasteiger partial charge in [-0.25, -0.2) is 13.6 Å². The minimum atomic E-state index is -1.02. The monoisotopic (exact) mass is 435 g/mol. The lowest BCUT2D eigenvalue weighted by Gasteiger charge is -2.41. The van der Waals surface area contributed by atoms with Crippen molar-refractivity contribution < 1.29 is 27.9 Å². The molecular weight excluding hydrogens is 408 g/mol. The summed E-state index contributed by atoms with van der Waals surface area (Å²) in [7, 11) is 0. The van der Waals surface area contributed by atoms with Crippen LogP contribution in [0.4, 0.5) is 19.3 Å². The minimum Gasteiger partial charge on any atom is -0.442 e. The van der Waals surface area contributed by atoms with Gasteiger partial charge in [0, 0.05) is 23.2 Å². The van der Waals surface area contributed by atoms with Crippen LogP contribution in [0.15, 0.2) is 12.1 Å². The number of hydrogen-bond acceptors (Lipinski definition) is 5. The Labute approximate surface area is 179 Å². The Morgan fingerprint density at radius 1 is 1.16 bits per heavy atom. The minimum absolute atomic E-state index is 0.0449. The van der Waals surface area contributed by atoms with Crippen LogP contribution in [0.1, 0.15) is 63.4 Å². The third kappa shape index (κ3) is 4.65. The number of ether oxygens (including phenoxy) is 1. The molecule has 0 aromatic heterocycles. The molecule has 1 aliphatic carbocycles. The number of rotatable bonds is 4. The normalized spacial score (nSPS) is 23.7. The quantitative estimate of drug-likeness (QED) is 0.710. The van der Waals surface area contributed by atoms with Gasteiger partial charge in [-0.05, 0) is 38.3 Å². The van der Waals surface area contributed by atoms with E-state index in [0.717, 1.165) is 25.7 Å². The van der Waals surface area contributed by atoms with Gasteiger partial charge in [0.05, 0.1) is 19.0 Å². The maximum atomic E-state index is 14.7. The zero-order valence-electron chi connectivity index (χ0n) is 17.5. The lowest BCUT2D eigenvalue weighted by molar-refractivity contribution is -0.134. The predicted octanol–water partition coefficient (Wildman–Crippen LogP) is 3.12. The van der Waals surface area contributed by atoms with Crippen molar-refractivity contribution in [1.82, 2.24) is 10.6 Å². The fourth-order valence-electron chi connectivity index (χ4n) is 4.66. The summed E-state index contributed by atoms with van der Waals surface area (Å²) in [5, 5.41) is 5.08. The topological polar surface area (TPSA) is 87.7 Å². The fourth-order valence-corrected chi connectivity index (χ4v) is 4.66. The molecule has 3 fully saturated rings. The van der Waals surface area contributed by atoms with Crippen LogP contribution in [0.5, 0.6) is 0 Å². The first-order valence-corrected chi connectivity index (χ1v) is 10.8. The average molecular weight is 435 g/mol. The van der Waals surface area contributed by atoms with E-state index in [1.807, 2.05) is 6.92 Å². The third-order valence-corrected chi connectivity index (χ3v) is 6.50. The second-order valence-corrected chi connectivity index (χ2v) is 9.01. The van der Waals surface area contributed by atoms with Gasteiger partial charge in [-0.15, -0.1) is 0 Å². The Hall–Kier alpha value is -2.71. The van der Waals surface area contributed by atoms with Gasteiger partial charge >= 0.3 is 6.09 Å². The molecule has 7 nitrogen and oxygen atoms in total. The second kappa shape index (κ2) is 8.43. The SMILES string of the molecule is CC1(NC(=O)OC2CN(c3cc(F)c(C4CCC(=O)NC4=O)c(F)c3)C2)CCCCC1. The van der Waals surface area contributed by atoms with Crippen LogP contribution in [0.25, 0.3) is 0 Å². The van der Waals surface area contributed by atoms with Crippen molar-refractivity contribution in [2.45, 2.75) is 69.4 Å². The summed E-state index contributed by atoms with van der Waals surface area (Å²) in [4.78, 5) is 37.2. The third-order valence-electron chi connectivity index (χ3n) is 6.50. The number of amides is 3. The first-order chi connectivity index (χ1) is 14.7. The van der Waals surface area contributed by atoms with E-state index in [1.165, 1.54) is 18.6 Å². The first-order valence-electron chi connectivity index (χ1n) is 10.8. The number of anilines is 1. The molecule has 168 valence electrons. The van der Waals surface area contributed by atoms with Crippen molar-refractivity contribution in [3.05, 3.63) is 29.3 Å². The molecular formula is C22H27F2N3O4. The largest absolute Gasteiger partial charge is 0.442 e. The molecule has 1 atom stereocenters.